The molecule has 1 heterocycles. The summed E-state index contributed by atoms with van der Waals surface area (Å²) in [7, 11) is 0. The van der Waals surface area contributed by atoms with Gasteiger partial charge in [-0.3, -0.25) is 4.79 Å². The number of hydrogen-bond donors (Lipinski definition) is 2. The van der Waals surface area contributed by atoms with Crippen molar-refractivity contribution in [1.82, 2.24) is 0 Å². The monoisotopic (exact) mass is 304 g/mol. The summed E-state index contributed by atoms with van der Waals surface area (Å²) in [6.45, 7) is 1.02. The van der Waals surface area contributed by atoms with Gasteiger partial charge >= 0.3 is 0 Å². The standard InChI is InChI=1S/C15H13ClN2O3/c16-11-3-1-2-10(14(11)17)15(19)18-9-4-5-12-13(8-9)21-7-6-20-12/h1-5,8H,6-7,17H2,(H,18,19). The summed E-state index contributed by atoms with van der Waals surface area (Å²) in [6, 6.07) is 10.1. The summed E-state index contributed by atoms with van der Waals surface area (Å²) in [5, 5.41) is 3.11. The molecule has 0 atom stereocenters. The third-order valence-corrected chi connectivity index (χ3v) is 3.43. The molecule has 6 heteroatoms. The van der Waals surface area contributed by atoms with Gasteiger partial charge < -0.3 is 20.5 Å². The molecule has 0 saturated carbocycles. The van der Waals surface area contributed by atoms with Crippen LogP contribution in [0.5, 0.6) is 11.5 Å². The lowest BCUT2D eigenvalue weighted by molar-refractivity contribution is 0.102. The second-order valence-corrected chi connectivity index (χ2v) is 4.92. The Bertz CT molecular complexity index is 703. The first-order valence-electron chi connectivity index (χ1n) is 6.40. The Balaban J connectivity index is 1.83. The minimum Gasteiger partial charge on any atom is -0.486 e. The van der Waals surface area contributed by atoms with Crippen molar-refractivity contribution >= 4 is 28.9 Å². The van der Waals surface area contributed by atoms with E-state index in [9.17, 15) is 4.79 Å². The predicted molar refractivity (Wildman–Crippen MR) is 81.2 cm³/mol. The van der Waals surface area contributed by atoms with E-state index in [2.05, 4.69) is 5.32 Å². The van der Waals surface area contributed by atoms with Crippen molar-refractivity contribution in [2.24, 2.45) is 0 Å². The van der Waals surface area contributed by atoms with E-state index in [0.29, 0.717) is 41.0 Å². The highest BCUT2D eigenvalue weighted by Gasteiger charge is 2.15. The summed E-state index contributed by atoms with van der Waals surface area (Å²) in [6.07, 6.45) is 0. The number of nitrogens with one attached hydrogen (secondary N) is 1. The normalized spacial score (nSPS) is 12.8. The van der Waals surface area contributed by atoms with Gasteiger partial charge in [0, 0.05) is 11.8 Å². The lowest BCUT2D eigenvalue weighted by Gasteiger charge is -2.19. The Morgan fingerprint density at radius 1 is 1.14 bits per heavy atom. The molecule has 2 aromatic carbocycles. The van der Waals surface area contributed by atoms with Gasteiger partial charge in [-0.05, 0) is 24.3 Å². The number of carbonyl (C=O) groups is 1. The van der Waals surface area contributed by atoms with Crippen molar-refractivity contribution in [2.45, 2.75) is 0 Å². The number of anilines is 2. The molecule has 1 aliphatic rings. The fourth-order valence-electron chi connectivity index (χ4n) is 2.05. The fraction of sp³-hybridized carbons (Fsp3) is 0.133. The van der Waals surface area contributed by atoms with E-state index in [1.54, 1.807) is 36.4 Å². The Hall–Kier alpha value is -2.40. The van der Waals surface area contributed by atoms with Crippen LogP contribution in [0, 0.1) is 0 Å². The number of rotatable bonds is 2. The number of para-hydroxylation sites is 1. The van der Waals surface area contributed by atoms with Crippen LogP contribution in [0.1, 0.15) is 10.4 Å². The smallest absolute Gasteiger partial charge is 0.257 e. The van der Waals surface area contributed by atoms with Crippen molar-refractivity contribution < 1.29 is 14.3 Å². The van der Waals surface area contributed by atoms with E-state index < -0.39 is 0 Å². The van der Waals surface area contributed by atoms with Crippen LogP contribution >= 0.6 is 11.6 Å². The molecule has 0 saturated heterocycles. The van der Waals surface area contributed by atoms with Gasteiger partial charge in [0.1, 0.15) is 13.2 Å². The zero-order chi connectivity index (χ0) is 14.8. The summed E-state index contributed by atoms with van der Waals surface area (Å²) in [5.74, 6) is 0.950. The average Bonchev–Trinajstić information content (AvgIpc) is 2.50. The van der Waals surface area contributed by atoms with Gasteiger partial charge in [-0.2, -0.15) is 0 Å². The predicted octanol–water partition coefficient (Wildman–Crippen LogP) is 2.95. The average molecular weight is 305 g/mol. The molecule has 1 amide bonds. The van der Waals surface area contributed by atoms with Crippen LogP contribution in [0.25, 0.3) is 0 Å². The molecule has 3 rings (SSSR count). The van der Waals surface area contributed by atoms with Crippen LogP contribution in [-0.2, 0) is 0 Å². The van der Waals surface area contributed by atoms with Crippen LogP contribution in [0.4, 0.5) is 11.4 Å². The molecule has 0 bridgehead atoms. The topological polar surface area (TPSA) is 73.6 Å². The van der Waals surface area contributed by atoms with Gasteiger partial charge in [0.05, 0.1) is 16.3 Å². The first kappa shape index (κ1) is 13.6. The highest BCUT2D eigenvalue weighted by atomic mass is 35.5. The highest BCUT2D eigenvalue weighted by molar-refractivity contribution is 6.34. The summed E-state index contributed by atoms with van der Waals surface area (Å²) >= 11 is 5.91. The first-order chi connectivity index (χ1) is 10.1. The maximum atomic E-state index is 12.2. The van der Waals surface area contributed by atoms with Gasteiger partial charge in [0.2, 0.25) is 0 Å². The molecule has 2 aromatic rings. The quantitative estimate of drug-likeness (QED) is 0.837. The molecule has 0 fully saturated rings. The van der Waals surface area contributed by atoms with E-state index in [-0.39, 0.29) is 11.6 Å². The zero-order valence-electron chi connectivity index (χ0n) is 11.1. The maximum Gasteiger partial charge on any atom is 0.257 e. The Morgan fingerprint density at radius 2 is 1.90 bits per heavy atom. The minimum atomic E-state index is -0.327. The molecule has 0 spiro atoms. The van der Waals surface area contributed by atoms with Gasteiger partial charge in [0.15, 0.2) is 11.5 Å². The Labute approximate surface area is 126 Å². The Kier molecular flexibility index (Phi) is 3.58. The molecule has 108 valence electrons. The summed E-state index contributed by atoms with van der Waals surface area (Å²) in [5.41, 5.74) is 7.00. The minimum absolute atomic E-state index is 0.259. The van der Waals surface area contributed by atoms with Crippen molar-refractivity contribution in [3.8, 4) is 11.5 Å². The van der Waals surface area contributed by atoms with Crippen molar-refractivity contribution in [3.05, 3.63) is 47.0 Å². The van der Waals surface area contributed by atoms with E-state index >= 15 is 0 Å². The zero-order valence-corrected chi connectivity index (χ0v) is 11.8. The summed E-state index contributed by atoms with van der Waals surface area (Å²) in [4.78, 5) is 12.2. The second-order valence-electron chi connectivity index (χ2n) is 4.51. The molecule has 21 heavy (non-hydrogen) atoms. The van der Waals surface area contributed by atoms with Crippen LogP contribution in [0.2, 0.25) is 5.02 Å². The number of ether oxygens (including phenoxy) is 2. The lowest BCUT2D eigenvalue weighted by atomic mass is 10.1. The third-order valence-electron chi connectivity index (χ3n) is 3.10. The van der Waals surface area contributed by atoms with Crippen molar-refractivity contribution in [1.29, 1.82) is 0 Å². The molecule has 0 aromatic heterocycles. The van der Waals surface area contributed by atoms with Crippen LogP contribution in [0.3, 0.4) is 0 Å². The largest absolute Gasteiger partial charge is 0.486 e. The fourth-order valence-corrected chi connectivity index (χ4v) is 2.23. The third kappa shape index (κ3) is 2.73. The van der Waals surface area contributed by atoms with Crippen LogP contribution in [0.15, 0.2) is 36.4 Å². The first-order valence-corrected chi connectivity index (χ1v) is 6.78. The van der Waals surface area contributed by atoms with Crippen LogP contribution < -0.4 is 20.5 Å². The number of nitrogen functional groups attached to an aromatic ring is 1. The molecule has 0 radical (unpaired) electrons. The molecule has 0 aliphatic carbocycles. The number of benzene rings is 2. The van der Waals surface area contributed by atoms with Gasteiger partial charge in [-0.1, -0.05) is 17.7 Å². The number of fused-ring (bicyclic) bond motifs is 1. The number of hydrogen-bond acceptors (Lipinski definition) is 4. The van der Waals surface area contributed by atoms with Gasteiger partial charge in [-0.25, -0.2) is 0 Å². The van der Waals surface area contributed by atoms with Gasteiger partial charge in [0.25, 0.3) is 5.91 Å². The van der Waals surface area contributed by atoms with E-state index in [1.165, 1.54) is 0 Å². The molecular formula is C15H13ClN2O3. The van der Waals surface area contributed by atoms with Gasteiger partial charge in [-0.15, -0.1) is 0 Å². The SMILES string of the molecule is Nc1c(Cl)cccc1C(=O)Nc1ccc2c(c1)OCCO2. The van der Waals surface area contributed by atoms with E-state index in [4.69, 9.17) is 26.8 Å². The number of nitrogens with two attached hydrogens (primary N) is 1. The lowest BCUT2D eigenvalue weighted by Crippen LogP contribution is -2.17. The molecule has 5 nitrogen and oxygen atoms in total. The Morgan fingerprint density at radius 3 is 2.71 bits per heavy atom. The maximum absolute atomic E-state index is 12.2. The molecule has 0 unspecified atom stereocenters. The number of amides is 1. The van der Waals surface area contributed by atoms with Crippen molar-refractivity contribution in [2.75, 3.05) is 24.3 Å². The van der Waals surface area contributed by atoms with Crippen LogP contribution in [-0.4, -0.2) is 19.1 Å². The molecular weight excluding hydrogens is 292 g/mol. The molecule has 3 N–H and O–H groups in total. The van der Waals surface area contributed by atoms with E-state index in [0.717, 1.165) is 0 Å². The molecule has 1 aliphatic heterocycles. The summed E-state index contributed by atoms with van der Waals surface area (Å²) < 4.78 is 10.9. The number of carbonyl (C=O) groups excluding carboxylic acids is 1. The number of halogens is 1. The van der Waals surface area contributed by atoms with E-state index in [1.807, 2.05) is 0 Å². The highest BCUT2D eigenvalue weighted by Crippen LogP contribution is 2.33. The van der Waals surface area contributed by atoms with Crippen molar-refractivity contribution in [3.63, 3.8) is 0 Å². The second kappa shape index (κ2) is 5.54.